The van der Waals surface area contributed by atoms with Gasteiger partial charge in [0.15, 0.2) is 0 Å². The standard InChI is InChI=1S/C48H53N9O5/c1-3-22-55-32-45(60)56-41(27-34-12-18-38(58)19-13-34)48(62)54(31-43(56)57(55)44(59)21-14-33-8-5-4-6-9-33)29-35-10-7-11-39-40(30-51(2)46(35)39)47(61)50-36-15-20-42(49-28-36)53-25-23-52(24-26-53)37-16-17-37/h3-13,15,18-20,28,30,37,41,43,58H,1,14,16-17,21-27,29,31-32H2,2H3,(H,50,61). The van der Waals surface area contributed by atoms with Crippen LogP contribution in [0.2, 0.25) is 0 Å². The number of nitrogens with one attached hydrogen (secondary N) is 1. The average Bonchev–Trinajstić information content (AvgIpc) is 4.08. The van der Waals surface area contributed by atoms with Crippen molar-refractivity contribution in [2.24, 2.45) is 7.05 Å². The Balaban J connectivity index is 0.977. The van der Waals surface area contributed by atoms with Gasteiger partial charge in [0, 0.05) is 76.8 Å². The van der Waals surface area contributed by atoms with E-state index >= 15 is 0 Å². The van der Waals surface area contributed by atoms with Gasteiger partial charge in [-0.3, -0.25) is 24.1 Å². The number of piperazine rings is 2. The third-order valence-electron chi connectivity index (χ3n) is 12.7. The van der Waals surface area contributed by atoms with E-state index in [4.69, 9.17) is 4.98 Å². The summed E-state index contributed by atoms with van der Waals surface area (Å²) in [6.45, 7) is 8.31. The molecule has 320 valence electrons. The Hall–Kier alpha value is -6.51. The van der Waals surface area contributed by atoms with Crippen LogP contribution in [0.25, 0.3) is 10.9 Å². The molecule has 4 fully saturated rings. The van der Waals surface area contributed by atoms with Crippen molar-refractivity contribution in [3.63, 3.8) is 0 Å². The van der Waals surface area contributed by atoms with E-state index in [9.17, 15) is 24.3 Å². The summed E-state index contributed by atoms with van der Waals surface area (Å²) in [6, 6.07) is 25.9. The molecule has 2 aromatic heterocycles. The molecule has 1 aliphatic carbocycles. The maximum absolute atomic E-state index is 14.8. The number of benzene rings is 3. The second kappa shape index (κ2) is 17.5. The molecule has 3 aliphatic heterocycles. The summed E-state index contributed by atoms with van der Waals surface area (Å²) in [5, 5.41) is 17.2. The lowest BCUT2D eigenvalue weighted by Crippen LogP contribution is -2.75. The number of carbonyl (C=O) groups is 4. The maximum Gasteiger partial charge on any atom is 0.257 e. The second-order valence-corrected chi connectivity index (χ2v) is 16.8. The van der Waals surface area contributed by atoms with E-state index in [2.05, 4.69) is 21.7 Å². The first kappa shape index (κ1) is 40.9. The van der Waals surface area contributed by atoms with Crippen molar-refractivity contribution in [1.29, 1.82) is 0 Å². The summed E-state index contributed by atoms with van der Waals surface area (Å²) in [7, 11) is 1.88. The number of para-hydroxylation sites is 1. The number of hydrogen-bond donors (Lipinski definition) is 2. The van der Waals surface area contributed by atoms with Crippen LogP contribution in [0.4, 0.5) is 11.5 Å². The molecule has 14 nitrogen and oxygen atoms in total. The topological polar surface area (TPSA) is 138 Å². The molecule has 5 aromatic rings. The SMILES string of the molecule is C=CCN1CC(=O)N2C(Cc3ccc(O)cc3)C(=O)N(Cc3cccc4c(C(=O)Nc5ccc(N6CCN(C7CC7)CC6)nc5)cn(C)c34)CC2N1C(=O)CCc1ccccc1. The van der Waals surface area contributed by atoms with Gasteiger partial charge in [-0.15, -0.1) is 6.58 Å². The predicted molar refractivity (Wildman–Crippen MR) is 237 cm³/mol. The summed E-state index contributed by atoms with van der Waals surface area (Å²) in [5.74, 6) is 0.0664. The number of aromatic nitrogens is 2. The number of phenols is 1. The van der Waals surface area contributed by atoms with Crippen molar-refractivity contribution < 1.29 is 24.3 Å². The van der Waals surface area contributed by atoms with Gasteiger partial charge in [0.25, 0.3) is 5.91 Å². The molecule has 2 atom stereocenters. The summed E-state index contributed by atoms with van der Waals surface area (Å²) in [4.78, 5) is 70.0. The van der Waals surface area contributed by atoms with E-state index in [1.54, 1.807) is 62.6 Å². The molecular weight excluding hydrogens is 783 g/mol. The lowest BCUT2D eigenvalue weighted by Gasteiger charge is -2.55. The third kappa shape index (κ3) is 8.40. The Bertz CT molecular complexity index is 2460. The monoisotopic (exact) mass is 835 g/mol. The number of aryl methyl sites for hydroxylation is 2. The number of rotatable bonds is 13. The summed E-state index contributed by atoms with van der Waals surface area (Å²) < 4.78 is 1.91. The number of hydrazine groups is 1. The molecule has 0 bridgehead atoms. The number of anilines is 2. The highest BCUT2D eigenvalue weighted by Crippen LogP contribution is 2.33. The van der Waals surface area contributed by atoms with Crippen molar-refractivity contribution >= 4 is 46.0 Å². The summed E-state index contributed by atoms with van der Waals surface area (Å²) in [6.07, 6.45) is 7.94. The van der Waals surface area contributed by atoms with E-state index in [1.165, 1.54) is 12.8 Å². The number of nitrogens with zero attached hydrogens (tertiary/aromatic N) is 8. The minimum absolute atomic E-state index is 0.0781. The largest absolute Gasteiger partial charge is 0.508 e. The normalized spacial score (nSPS) is 19.8. The van der Waals surface area contributed by atoms with E-state index in [-0.39, 0.29) is 68.4 Å². The molecule has 14 heteroatoms. The Kier molecular flexibility index (Phi) is 11.5. The first-order valence-corrected chi connectivity index (χ1v) is 21.6. The fourth-order valence-corrected chi connectivity index (χ4v) is 9.44. The molecule has 62 heavy (non-hydrogen) atoms. The molecular formula is C48H53N9O5. The lowest BCUT2D eigenvalue weighted by molar-refractivity contribution is -0.205. The number of phenolic OH excluding ortho intramolecular Hbond substituents is 1. The zero-order valence-electron chi connectivity index (χ0n) is 35.1. The number of carbonyl (C=O) groups excluding carboxylic acids is 4. The van der Waals surface area contributed by atoms with Crippen molar-refractivity contribution in [2.45, 2.75) is 56.9 Å². The molecule has 1 saturated carbocycles. The fraction of sp³-hybridized carbons (Fsp3) is 0.354. The minimum atomic E-state index is -0.914. The Labute approximate surface area is 361 Å². The average molecular weight is 836 g/mol. The predicted octanol–water partition coefficient (Wildman–Crippen LogP) is 4.80. The zero-order chi connectivity index (χ0) is 42.9. The van der Waals surface area contributed by atoms with Gasteiger partial charge >= 0.3 is 0 Å². The molecule has 0 spiro atoms. The van der Waals surface area contributed by atoms with Crippen molar-refractivity contribution in [3.8, 4) is 5.75 Å². The lowest BCUT2D eigenvalue weighted by atomic mass is 9.97. The Morgan fingerprint density at radius 2 is 1.69 bits per heavy atom. The molecule has 3 saturated heterocycles. The molecule has 2 unspecified atom stereocenters. The van der Waals surface area contributed by atoms with Crippen LogP contribution in [-0.2, 0) is 40.8 Å². The summed E-state index contributed by atoms with van der Waals surface area (Å²) >= 11 is 0. The number of fused-ring (bicyclic) bond motifs is 2. The molecule has 3 aromatic carbocycles. The van der Waals surface area contributed by atoms with Gasteiger partial charge in [-0.1, -0.05) is 66.7 Å². The van der Waals surface area contributed by atoms with Crippen molar-refractivity contribution in [3.05, 3.63) is 132 Å². The van der Waals surface area contributed by atoms with Crippen LogP contribution in [0, 0.1) is 0 Å². The molecule has 5 heterocycles. The van der Waals surface area contributed by atoms with Gasteiger partial charge < -0.3 is 29.7 Å². The number of aromatic hydroxyl groups is 1. The summed E-state index contributed by atoms with van der Waals surface area (Å²) in [5.41, 5.74) is 4.49. The first-order valence-electron chi connectivity index (χ1n) is 21.6. The molecule has 2 N–H and O–H groups in total. The van der Waals surface area contributed by atoms with Crippen LogP contribution < -0.4 is 10.2 Å². The van der Waals surface area contributed by atoms with Crippen LogP contribution in [0.3, 0.4) is 0 Å². The quantitative estimate of drug-likeness (QED) is 0.160. The van der Waals surface area contributed by atoms with Gasteiger partial charge in [-0.25, -0.2) is 15.0 Å². The third-order valence-corrected chi connectivity index (χ3v) is 12.7. The van der Waals surface area contributed by atoms with Gasteiger partial charge in [0.05, 0.1) is 36.1 Å². The van der Waals surface area contributed by atoms with Crippen LogP contribution in [0.15, 0.2) is 110 Å². The number of pyridine rings is 1. The zero-order valence-corrected chi connectivity index (χ0v) is 35.1. The number of amides is 4. The Morgan fingerprint density at radius 1 is 0.919 bits per heavy atom. The van der Waals surface area contributed by atoms with Crippen molar-refractivity contribution in [2.75, 3.05) is 56.0 Å². The first-order chi connectivity index (χ1) is 30.1. The van der Waals surface area contributed by atoms with E-state index in [1.807, 2.05) is 72.3 Å². The fourth-order valence-electron chi connectivity index (χ4n) is 9.44. The van der Waals surface area contributed by atoms with Crippen LogP contribution in [0.5, 0.6) is 5.75 Å². The number of hydrogen-bond acceptors (Lipinski definition) is 9. The smallest absolute Gasteiger partial charge is 0.257 e. The van der Waals surface area contributed by atoms with E-state index < -0.39 is 12.2 Å². The van der Waals surface area contributed by atoms with Crippen LogP contribution in [-0.4, -0.2) is 127 Å². The minimum Gasteiger partial charge on any atom is -0.508 e. The van der Waals surface area contributed by atoms with Gasteiger partial charge in [0.1, 0.15) is 23.8 Å². The maximum atomic E-state index is 14.8. The Morgan fingerprint density at radius 3 is 2.40 bits per heavy atom. The van der Waals surface area contributed by atoms with Gasteiger partial charge in [-0.05, 0) is 60.2 Å². The highest BCUT2D eigenvalue weighted by molar-refractivity contribution is 6.13. The second-order valence-electron chi connectivity index (χ2n) is 16.8. The molecule has 9 rings (SSSR count). The highest BCUT2D eigenvalue weighted by Gasteiger charge is 2.51. The van der Waals surface area contributed by atoms with E-state index in [0.29, 0.717) is 17.7 Å². The van der Waals surface area contributed by atoms with Crippen LogP contribution in [0.1, 0.15) is 46.3 Å². The van der Waals surface area contributed by atoms with Gasteiger partial charge in [-0.2, -0.15) is 0 Å². The molecule has 0 radical (unpaired) electrons. The van der Waals surface area contributed by atoms with Gasteiger partial charge in [0.2, 0.25) is 17.7 Å². The highest BCUT2D eigenvalue weighted by atomic mass is 16.3. The molecule has 4 amide bonds. The van der Waals surface area contributed by atoms with E-state index in [0.717, 1.165) is 65.6 Å². The van der Waals surface area contributed by atoms with Crippen LogP contribution >= 0.6 is 0 Å². The van der Waals surface area contributed by atoms with Crippen molar-refractivity contribution in [1.82, 2.24) is 34.3 Å². The molecule has 4 aliphatic rings.